The van der Waals surface area contributed by atoms with Crippen LogP contribution >= 0.6 is 34.8 Å². The van der Waals surface area contributed by atoms with Crippen molar-refractivity contribution in [1.29, 1.82) is 0 Å². The van der Waals surface area contributed by atoms with Gasteiger partial charge in [-0.2, -0.15) is 0 Å². The quantitative estimate of drug-likeness (QED) is 0.503. The lowest BCUT2D eigenvalue weighted by Crippen LogP contribution is -2.02. The predicted molar refractivity (Wildman–Crippen MR) is 104 cm³/mol. The zero-order valence-corrected chi connectivity index (χ0v) is 15.5. The van der Waals surface area contributed by atoms with E-state index in [9.17, 15) is 0 Å². The number of ether oxygens (including phenoxy) is 1. The van der Waals surface area contributed by atoms with E-state index in [1.165, 1.54) is 0 Å². The van der Waals surface area contributed by atoms with Gasteiger partial charge in [-0.25, -0.2) is 4.98 Å². The van der Waals surface area contributed by atoms with E-state index in [0.717, 1.165) is 16.7 Å². The van der Waals surface area contributed by atoms with E-state index >= 15 is 0 Å². The number of imidazole rings is 1. The van der Waals surface area contributed by atoms with Gasteiger partial charge in [0.15, 0.2) is 0 Å². The summed E-state index contributed by atoms with van der Waals surface area (Å²) in [7, 11) is 0. The second-order valence-electron chi connectivity index (χ2n) is 5.50. The second-order valence-corrected chi connectivity index (χ2v) is 6.78. The summed E-state index contributed by atoms with van der Waals surface area (Å²) >= 11 is 18.3. The first kappa shape index (κ1) is 17.9. The van der Waals surface area contributed by atoms with Crippen molar-refractivity contribution in [3.63, 3.8) is 0 Å². The summed E-state index contributed by atoms with van der Waals surface area (Å²) in [5.41, 5.74) is 2.58. The van der Waals surface area contributed by atoms with Crippen molar-refractivity contribution in [1.82, 2.24) is 9.55 Å². The van der Waals surface area contributed by atoms with Crippen LogP contribution in [0.3, 0.4) is 0 Å². The highest BCUT2D eigenvalue weighted by Crippen LogP contribution is 2.31. The Labute approximate surface area is 161 Å². The number of aromatic nitrogens is 2. The molecule has 0 fully saturated rings. The van der Waals surface area contributed by atoms with Crippen molar-refractivity contribution in [3.05, 3.63) is 87.9 Å². The second kappa shape index (κ2) is 7.96. The molecule has 128 valence electrons. The highest BCUT2D eigenvalue weighted by atomic mass is 35.5. The molecule has 3 rings (SSSR count). The van der Waals surface area contributed by atoms with Gasteiger partial charge >= 0.3 is 0 Å². The third-order valence-electron chi connectivity index (χ3n) is 3.65. The van der Waals surface area contributed by atoms with E-state index in [1.807, 2.05) is 29.0 Å². The summed E-state index contributed by atoms with van der Waals surface area (Å²) in [5, 5.41) is 1.79. The lowest BCUT2D eigenvalue weighted by Gasteiger charge is -2.15. The zero-order chi connectivity index (χ0) is 17.8. The molecule has 0 bridgehead atoms. The Morgan fingerprint density at radius 2 is 1.84 bits per heavy atom. The number of halogens is 3. The van der Waals surface area contributed by atoms with Crippen LogP contribution < -0.4 is 4.74 Å². The van der Waals surface area contributed by atoms with Crippen LogP contribution in [0.1, 0.15) is 11.1 Å². The average molecular weight is 394 g/mol. The molecule has 3 aromatic rings. The van der Waals surface area contributed by atoms with E-state index < -0.39 is 0 Å². The molecule has 6 heteroatoms. The summed E-state index contributed by atoms with van der Waals surface area (Å²) in [6, 6.07) is 10.8. The third-order valence-corrected chi connectivity index (χ3v) is 4.48. The summed E-state index contributed by atoms with van der Waals surface area (Å²) in [5.74, 6) is 0.695. The molecule has 0 saturated heterocycles. The molecule has 3 nitrogen and oxygen atoms in total. The Kier molecular flexibility index (Phi) is 5.69. The van der Waals surface area contributed by atoms with Gasteiger partial charge in [0.1, 0.15) is 12.4 Å². The molecular weight excluding hydrogens is 379 g/mol. The molecule has 1 heterocycles. The largest absolute Gasteiger partial charge is 0.488 e. The van der Waals surface area contributed by atoms with E-state index in [2.05, 4.69) is 11.6 Å². The number of hydrogen-bond donors (Lipinski definition) is 0. The summed E-state index contributed by atoms with van der Waals surface area (Å²) in [6.45, 7) is 5.07. The lowest BCUT2D eigenvalue weighted by atomic mass is 10.1. The van der Waals surface area contributed by atoms with Crippen LogP contribution in [0.4, 0.5) is 0 Å². The molecule has 0 N–H and O–H groups in total. The fourth-order valence-electron chi connectivity index (χ4n) is 2.38. The normalized spacial score (nSPS) is 10.7. The lowest BCUT2D eigenvalue weighted by molar-refractivity contribution is 0.305. The Bertz CT molecular complexity index is 892. The maximum atomic E-state index is 6.20. The molecule has 0 radical (unpaired) electrons. The van der Waals surface area contributed by atoms with Crippen molar-refractivity contribution in [3.8, 4) is 5.75 Å². The van der Waals surface area contributed by atoms with Crippen LogP contribution in [0, 0.1) is 0 Å². The van der Waals surface area contributed by atoms with Gasteiger partial charge in [-0.05, 0) is 35.9 Å². The van der Waals surface area contributed by atoms with Crippen molar-refractivity contribution in [2.45, 2.75) is 13.2 Å². The molecule has 0 amide bonds. The Morgan fingerprint density at radius 1 is 1.08 bits per heavy atom. The van der Waals surface area contributed by atoms with Crippen molar-refractivity contribution >= 4 is 40.4 Å². The monoisotopic (exact) mass is 392 g/mol. The van der Waals surface area contributed by atoms with E-state index in [4.69, 9.17) is 39.5 Å². The van der Waals surface area contributed by atoms with Gasteiger partial charge in [0, 0.05) is 45.1 Å². The molecule has 2 aromatic carbocycles. The van der Waals surface area contributed by atoms with Crippen molar-refractivity contribution < 1.29 is 4.74 Å². The highest BCUT2D eigenvalue weighted by molar-refractivity contribution is 6.35. The maximum absolute atomic E-state index is 6.20. The van der Waals surface area contributed by atoms with Gasteiger partial charge in [0.2, 0.25) is 0 Å². The van der Waals surface area contributed by atoms with Crippen LogP contribution in [0.2, 0.25) is 15.1 Å². The standard InChI is InChI=1S/C19H15Cl3N2O/c1-13(10-24-7-6-23-12-24)17-8-15(20)4-5-19(17)25-11-14-2-3-16(21)9-18(14)22/h2-9,12H,1,10-11H2. The zero-order valence-electron chi connectivity index (χ0n) is 13.3. The predicted octanol–water partition coefficient (Wildman–Crippen LogP) is 6.14. The van der Waals surface area contributed by atoms with Crippen molar-refractivity contribution in [2.24, 2.45) is 0 Å². The average Bonchev–Trinajstić information content (AvgIpc) is 3.08. The maximum Gasteiger partial charge on any atom is 0.127 e. The van der Waals surface area contributed by atoms with Crippen molar-refractivity contribution in [2.75, 3.05) is 0 Å². The van der Waals surface area contributed by atoms with Gasteiger partial charge < -0.3 is 9.30 Å². The molecule has 0 atom stereocenters. The third kappa shape index (κ3) is 4.57. The molecule has 1 aromatic heterocycles. The molecule has 0 aliphatic heterocycles. The number of rotatable bonds is 6. The van der Waals surface area contributed by atoms with Gasteiger partial charge in [-0.15, -0.1) is 0 Å². The Morgan fingerprint density at radius 3 is 2.56 bits per heavy atom. The minimum Gasteiger partial charge on any atom is -0.488 e. The van der Waals surface area contributed by atoms with Crippen LogP contribution in [0.15, 0.2) is 61.7 Å². The van der Waals surface area contributed by atoms with Gasteiger partial charge in [0.25, 0.3) is 0 Å². The summed E-state index contributed by atoms with van der Waals surface area (Å²) in [6.07, 6.45) is 5.35. The van der Waals surface area contributed by atoms with Crippen LogP contribution in [-0.2, 0) is 13.2 Å². The molecular formula is C19H15Cl3N2O. The van der Waals surface area contributed by atoms with E-state index in [0.29, 0.717) is 34.0 Å². The fourth-order valence-corrected chi connectivity index (χ4v) is 3.02. The van der Waals surface area contributed by atoms with Gasteiger partial charge in [-0.3, -0.25) is 0 Å². The topological polar surface area (TPSA) is 27.1 Å². The minimum absolute atomic E-state index is 0.322. The SMILES string of the molecule is C=C(Cn1ccnc1)c1cc(Cl)ccc1OCc1ccc(Cl)cc1Cl. The molecule has 0 aliphatic carbocycles. The first-order valence-electron chi connectivity index (χ1n) is 7.53. The highest BCUT2D eigenvalue weighted by Gasteiger charge is 2.11. The first-order valence-corrected chi connectivity index (χ1v) is 8.66. The Balaban J connectivity index is 1.80. The van der Waals surface area contributed by atoms with Crippen LogP contribution in [0.5, 0.6) is 5.75 Å². The molecule has 0 spiro atoms. The molecule has 0 unspecified atom stereocenters. The van der Waals surface area contributed by atoms with Gasteiger partial charge in [-0.1, -0.05) is 47.4 Å². The van der Waals surface area contributed by atoms with E-state index in [1.54, 1.807) is 30.7 Å². The van der Waals surface area contributed by atoms with E-state index in [-0.39, 0.29) is 0 Å². The minimum atomic E-state index is 0.322. The number of allylic oxidation sites excluding steroid dienone is 1. The van der Waals surface area contributed by atoms with Crippen LogP contribution in [0.25, 0.3) is 5.57 Å². The molecule has 0 aliphatic rings. The number of nitrogens with zero attached hydrogens (tertiary/aromatic N) is 2. The number of benzene rings is 2. The van der Waals surface area contributed by atoms with Gasteiger partial charge in [0.05, 0.1) is 6.33 Å². The number of hydrogen-bond acceptors (Lipinski definition) is 2. The summed E-state index contributed by atoms with van der Waals surface area (Å²) in [4.78, 5) is 4.04. The molecule has 25 heavy (non-hydrogen) atoms. The first-order chi connectivity index (χ1) is 12.0. The van der Waals surface area contributed by atoms with Crippen LogP contribution in [-0.4, -0.2) is 9.55 Å². The smallest absolute Gasteiger partial charge is 0.127 e. The fraction of sp³-hybridized carbons (Fsp3) is 0.105. The molecule has 0 saturated carbocycles. The summed E-state index contributed by atoms with van der Waals surface area (Å²) < 4.78 is 7.90. The Hall–Kier alpha value is -1.94.